The zero-order valence-electron chi connectivity index (χ0n) is 11.9. The van der Waals surface area contributed by atoms with Crippen molar-refractivity contribution in [1.82, 2.24) is 5.32 Å². The van der Waals surface area contributed by atoms with Crippen LogP contribution in [0.25, 0.3) is 5.57 Å². The van der Waals surface area contributed by atoms with E-state index in [-0.39, 0.29) is 6.61 Å². The number of aliphatic hydroxyl groups is 1. The fraction of sp³-hybridized carbons (Fsp3) is 0.158. The Labute approximate surface area is 125 Å². The van der Waals surface area contributed by atoms with E-state index in [0.717, 1.165) is 18.7 Å². The summed E-state index contributed by atoms with van der Waals surface area (Å²) in [5.41, 5.74) is 5.89. The van der Waals surface area contributed by atoms with Crippen molar-refractivity contribution in [2.24, 2.45) is 0 Å². The maximum atomic E-state index is 9.40. The van der Waals surface area contributed by atoms with Gasteiger partial charge >= 0.3 is 0 Å². The van der Waals surface area contributed by atoms with Crippen LogP contribution in [-0.2, 0) is 0 Å². The zero-order chi connectivity index (χ0) is 14.5. The lowest BCUT2D eigenvalue weighted by Crippen LogP contribution is -2.26. The summed E-state index contributed by atoms with van der Waals surface area (Å²) in [6, 6.07) is 20.9. The summed E-state index contributed by atoms with van der Waals surface area (Å²) in [4.78, 5) is 0. The lowest BCUT2D eigenvalue weighted by atomic mass is 9.91. The Morgan fingerprint density at radius 2 is 1.43 bits per heavy atom. The third-order valence-electron chi connectivity index (χ3n) is 3.70. The summed E-state index contributed by atoms with van der Waals surface area (Å²) in [6.45, 7) is 1.69. The number of hydrogen-bond acceptors (Lipinski definition) is 2. The van der Waals surface area contributed by atoms with Crippen LogP contribution in [0.4, 0.5) is 0 Å². The number of hydrogen-bond donors (Lipinski definition) is 2. The van der Waals surface area contributed by atoms with Gasteiger partial charge in [-0.1, -0.05) is 66.7 Å². The summed E-state index contributed by atoms with van der Waals surface area (Å²) in [6.07, 6.45) is 2.13. The molecule has 1 heterocycles. The minimum absolute atomic E-state index is 0.105. The molecule has 106 valence electrons. The Bertz CT molecular complexity index is 615. The van der Waals surface area contributed by atoms with Gasteiger partial charge < -0.3 is 10.4 Å². The second kappa shape index (κ2) is 6.53. The minimum atomic E-state index is 0.105. The van der Waals surface area contributed by atoms with E-state index in [2.05, 4.69) is 59.9 Å². The highest BCUT2D eigenvalue weighted by Gasteiger charge is 2.14. The molecule has 0 atom stereocenters. The minimum Gasteiger partial charge on any atom is -0.392 e. The molecule has 0 bridgehead atoms. The maximum Gasteiger partial charge on any atom is 0.0657 e. The van der Waals surface area contributed by atoms with Crippen LogP contribution in [0, 0.1) is 0 Å². The van der Waals surface area contributed by atoms with Crippen molar-refractivity contribution in [3.63, 3.8) is 0 Å². The molecule has 1 aliphatic rings. The molecule has 21 heavy (non-hydrogen) atoms. The van der Waals surface area contributed by atoms with Gasteiger partial charge in [-0.3, -0.25) is 0 Å². The summed E-state index contributed by atoms with van der Waals surface area (Å²) < 4.78 is 0. The Balaban J connectivity index is 2.17. The van der Waals surface area contributed by atoms with Gasteiger partial charge in [0.15, 0.2) is 0 Å². The predicted octanol–water partition coefficient (Wildman–Crippen LogP) is 3.01. The summed E-state index contributed by atoms with van der Waals surface area (Å²) in [7, 11) is 0. The van der Waals surface area contributed by atoms with Gasteiger partial charge in [0.2, 0.25) is 0 Å². The Kier molecular flexibility index (Phi) is 4.29. The van der Waals surface area contributed by atoms with Crippen molar-refractivity contribution in [3.05, 3.63) is 89.0 Å². The first-order chi connectivity index (χ1) is 10.4. The fourth-order valence-corrected chi connectivity index (χ4v) is 2.72. The van der Waals surface area contributed by atoms with Gasteiger partial charge in [0.25, 0.3) is 0 Å². The summed E-state index contributed by atoms with van der Waals surface area (Å²) in [5.74, 6) is 0. The van der Waals surface area contributed by atoms with Crippen molar-refractivity contribution in [3.8, 4) is 0 Å². The molecule has 0 aliphatic carbocycles. The third-order valence-corrected chi connectivity index (χ3v) is 3.70. The van der Waals surface area contributed by atoms with Crippen molar-refractivity contribution in [2.75, 3.05) is 19.7 Å². The fourth-order valence-electron chi connectivity index (χ4n) is 2.72. The van der Waals surface area contributed by atoms with E-state index >= 15 is 0 Å². The summed E-state index contributed by atoms with van der Waals surface area (Å²) >= 11 is 0. The van der Waals surface area contributed by atoms with Crippen LogP contribution in [0.1, 0.15) is 11.1 Å². The Morgan fingerprint density at radius 3 is 1.95 bits per heavy atom. The predicted molar refractivity (Wildman–Crippen MR) is 86.9 cm³/mol. The standard InChI is InChI=1S/C19H19NO/c21-14-15-11-18(13-20-12-15)19(16-7-3-1-4-8-16)17-9-5-2-6-10-17/h1-11,20-21H,12-14H2. The topological polar surface area (TPSA) is 32.3 Å². The molecule has 0 saturated heterocycles. The quantitative estimate of drug-likeness (QED) is 0.904. The number of nitrogens with one attached hydrogen (secondary N) is 1. The van der Waals surface area contributed by atoms with E-state index in [9.17, 15) is 5.11 Å². The lowest BCUT2D eigenvalue weighted by molar-refractivity contribution is 0.326. The normalized spacial score (nSPS) is 14.7. The van der Waals surface area contributed by atoms with Crippen LogP contribution >= 0.6 is 0 Å². The highest BCUT2D eigenvalue weighted by Crippen LogP contribution is 2.28. The average Bonchev–Trinajstić information content (AvgIpc) is 2.57. The maximum absolute atomic E-state index is 9.40. The molecule has 2 heteroatoms. The molecule has 2 N–H and O–H groups in total. The third kappa shape index (κ3) is 3.13. The molecule has 0 spiro atoms. The van der Waals surface area contributed by atoms with Crippen LogP contribution < -0.4 is 5.32 Å². The molecule has 0 unspecified atom stereocenters. The summed E-state index contributed by atoms with van der Waals surface area (Å²) in [5, 5.41) is 12.8. The van der Waals surface area contributed by atoms with Gasteiger partial charge in [-0.25, -0.2) is 0 Å². The van der Waals surface area contributed by atoms with Crippen molar-refractivity contribution >= 4 is 5.57 Å². The highest BCUT2D eigenvalue weighted by atomic mass is 16.3. The largest absolute Gasteiger partial charge is 0.392 e. The van der Waals surface area contributed by atoms with Crippen LogP contribution in [0.5, 0.6) is 0 Å². The molecule has 3 rings (SSSR count). The molecule has 2 aromatic rings. The first-order valence-electron chi connectivity index (χ1n) is 7.23. The molecule has 0 fully saturated rings. The van der Waals surface area contributed by atoms with Crippen LogP contribution in [0.15, 0.2) is 77.9 Å². The molecule has 2 aromatic carbocycles. The number of rotatable bonds is 3. The molecule has 1 aliphatic heterocycles. The van der Waals surface area contributed by atoms with E-state index in [1.165, 1.54) is 22.3 Å². The second-order valence-corrected chi connectivity index (χ2v) is 5.20. The highest BCUT2D eigenvalue weighted by molar-refractivity contribution is 5.84. The van der Waals surface area contributed by atoms with Gasteiger partial charge in [-0.2, -0.15) is 0 Å². The Hall–Kier alpha value is -2.16. The monoisotopic (exact) mass is 277 g/mol. The number of benzene rings is 2. The van der Waals surface area contributed by atoms with E-state index in [1.54, 1.807) is 0 Å². The smallest absolute Gasteiger partial charge is 0.0657 e. The van der Waals surface area contributed by atoms with E-state index in [0.29, 0.717) is 0 Å². The van der Waals surface area contributed by atoms with Crippen molar-refractivity contribution in [2.45, 2.75) is 0 Å². The molecule has 2 nitrogen and oxygen atoms in total. The van der Waals surface area contributed by atoms with Gasteiger partial charge in [0.05, 0.1) is 6.61 Å². The lowest BCUT2D eigenvalue weighted by Gasteiger charge is -2.20. The van der Waals surface area contributed by atoms with Crippen LogP contribution in [-0.4, -0.2) is 24.8 Å². The SMILES string of the molecule is OCC1=CC(=C(c2ccccc2)c2ccccc2)CNC1. The van der Waals surface area contributed by atoms with Crippen LogP contribution in [0.2, 0.25) is 0 Å². The van der Waals surface area contributed by atoms with E-state index in [1.807, 2.05) is 12.1 Å². The van der Waals surface area contributed by atoms with Gasteiger partial charge in [0, 0.05) is 13.1 Å². The average molecular weight is 277 g/mol. The molecule has 0 saturated carbocycles. The van der Waals surface area contributed by atoms with E-state index < -0.39 is 0 Å². The second-order valence-electron chi connectivity index (χ2n) is 5.20. The molecule has 0 radical (unpaired) electrons. The first-order valence-corrected chi connectivity index (χ1v) is 7.23. The van der Waals surface area contributed by atoms with Gasteiger partial charge in [0.1, 0.15) is 0 Å². The number of aliphatic hydroxyl groups excluding tert-OH is 1. The van der Waals surface area contributed by atoms with Crippen molar-refractivity contribution in [1.29, 1.82) is 0 Å². The van der Waals surface area contributed by atoms with Crippen LogP contribution in [0.3, 0.4) is 0 Å². The molecule has 0 aromatic heterocycles. The van der Waals surface area contributed by atoms with Gasteiger partial charge in [-0.15, -0.1) is 0 Å². The zero-order valence-corrected chi connectivity index (χ0v) is 11.9. The van der Waals surface area contributed by atoms with Gasteiger partial charge in [-0.05, 0) is 27.8 Å². The molecule has 0 amide bonds. The van der Waals surface area contributed by atoms with Crippen molar-refractivity contribution < 1.29 is 5.11 Å². The first kappa shape index (κ1) is 13.8. The van der Waals surface area contributed by atoms with E-state index in [4.69, 9.17) is 0 Å². The molecular weight excluding hydrogens is 258 g/mol. The molecular formula is C19H19NO. The Morgan fingerprint density at radius 1 is 0.857 bits per heavy atom.